The maximum absolute atomic E-state index is 13.6. The van der Waals surface area contributed by atoms with Crippen LogP contribution in [0.2, 0.25) is 5.02 Å². The topological polar surface area (TPSA) is 73.8 Å². The number of sulfonamides is 1. The Balaban J connectivity index is 1.18. The zero-order valence-electron chi connectivity index (χ0n) is 20.3. The van der Waals surface area contributed by atoms with Gasteiger partial charge in [-0.25, -0.2) is 8.42 Å². The van der Waals surface area contributed by atoms with Crippen molar-refractivity contribution in [3.8, 4) is 0 Å². The second kappa shape index (κ2) is 9.59. The first-order chi connectivity index (χ1) is 17.9. The summed E-state index contributed by atoms with van der Waals surface area (Å²) in [6, 6.07) is 19.9. The highest BCUT2D eigenvalue weighted by Gasteiger charge is 2.41. The first-order valence-corrected chi connectivity index (χ1v) is 14.3. The Morgan fingerprint density at radius 3 is 2.49 bits per heavy atom. The number of carbonyl (C=O) groups excluding carboxylic acids is 1. The van der Waals surface area contributed by atoms with Gasteiger partial charge >= 0.3 is 0 Å². The van der Waals surface area contributed by atoms with Gasteiger partial charge in [0.25, 0.3) is 0 Å². The summed E-state index contributed by atoms with van der Waals surface area (Å²) >= 11 is 6.14. The van der Waals surface area contributed by atoms with Crippen molar-refractivity contribution >= 4 is 54.9 Å². The SMILES string of the molecule is O=C([C@H]1CCCN1S(=O)(=O)c1ccc2ccccc2c1)N1CCN(c2ccnc3cc(Cl)ccc23)CC1. The first-order valence-electron chi connectivity index (χ1n) is 12.5. The highest BCUT2D eigenvalue weighted by Crippen LogP contribution is 2.31. The molecule has 0 radical (unpaired) electrons. The Kier molecular flexibility index (Phi) is 6.26. The van der Waals surface area contributed by atoms with E-state index in [1.54, 1.807) is 18.3 Å². The van der Waals surface area contributed by atoms with E-state index in [0.717, 1.165) is 27.4 Å². The van der Waals surface area contributed by atoms with Gasteiger partial charge in [-0.2, -0.15) is 4.31 Å². The predicted molar refractivity (Wildman–Crippen MR) is 146 cm³/mol. The fourth-order valence-electron chi connectivity index (χ4n) is 5.50. The van der Waals surface area contributed by atoms with Crippen LogP contribution in [0.15, 0.2) is 77.8 Å². The van der Waals surface area contributed by atoms with Crippen LogP contribution in [-0.2, 0) is 14.8 Å². The molecule has 37 heavy (non-hydrogen) atoms. The van der Waals surface area contributed by atoms with Gasteiger partial charge < -0.3 is 9.80 Å². The molecule has 2 aliphatic heterocycles. The smallest absolute Gasteiger partial charge is 0.243 e. The minimum atomic E-state index is -3.79. The van der Waals surface area contributed by atoms with Crippen LogP contribution in [0.5, 0.6) is 0 Å². The fraction of sp³-hybridized carbons (Fsp3) is 0.286. The number of amides is 1. The number of benzene rings is 3. The molecule has 2 saturated heterocycles. The van der Waals surface area contributed by atoms with Gasteiger partial charge in [-0.15, -0.1) is 0 Å². The van der Waals surface area contributed by atoms with E-state index in [-0.39, 0.29) is 10.8 Å². The van der Waals surface area contributed by atoms with E-state index in [4.69, 9.17) is 11.6 Å². The van der Waals surface area contributed by atoms with Gasteiger partial charge in [-0.1, -0.05) is 41.9 Å². The van der Waals surface area contributed by atoms with E-state index < -0.39 is 16.1 Å². The largest absolute Gasteiger partial charge is 0.367 e. The summed E-state index contributed by atoms with van der Waals surface area (Å²) in [7, 11) is -3.79. The number of anilines is 1. The van der Waals surface area contributed by atoms with Gasteiger partial charge in [0.2, 0.25) is 15.9 Å². The van der Waals surface area contributed by atoms with Crippen LogP contribution >= 0.6 is 11.6 Å². The molecular weight excluding hydrogens is 508 g/mol. The van der Waals surface area contributed by atoms with Crippen molar-refractivity contribution in [1.82, 2.24) is 14.2 Å². The molecule has 2 aliphatic rings. The van der Waals surface area contributed by atoms with E-state index in [2.05, 4.69) is 9.88 Å². The van der Waals surface area contributed by atoms with Crippen LogP contribution in [-0.4, -0.2) is 67.3 Å². The second-order valence-electron chi connectivity index (χ2n) is 9.59. The molecule has 6 rings (SSSR count). The lowest BCUT2D eigenvalue weighted by molar-refractivity contribution is -0.134. The first kappa shape index (κ1) is 24.2. The van der Waals surface area contributed by atoms with Crippen LogP contribution in [0.3, 0.4) is 0 Å². The number of piperazine rings is 1. The van der Waals surface area contributed by atoms with E-state index in [9.17, 15) is 13.2 Å². The van der Waals surface area contributed by atoms with Gasteiger partial charge in [0.05, 0.1) is 10.4 Å². The highest BCUT2D eigenvalue weighted by atomic mass is 35.5. The number of aromatic nitrogens is 1. The van der Waals surface area contributed by atoms with E-state index in [0.29, 0.717) is 50.6 Å². The third-order valence-electron chi connectivity index (χ3n) is 7.43. The fourth-order valence-corrected chi connectivity index (χ4v) is 7.35. The van der Waals surface area contributed by atoms with Crippen molar-refractivity contribution in [2.45, 2.75) is 23.8 Å². The number of pyridine rings is 1. The van der Waals surface area contributed by atoms with Gasteiger partial charge in [0, 0.05) is 55.0 Å². The maximum Gasteiger partial charge on any atom is 0.243 e. The molecule has 9 heteroatoms. The number of nitrogens with zero attached hydrogens (tertiary/aromatic N) is 4. The van der Waals surface area contributed by atoms with Crippen LogP contribution in [0, 0.1) is 0 Å². The second-order valence-corrected chi connectivity index (χ2v) is 11.9. The number of halogens is 1. The summed E-state index contributed by atoms with van der Waals surface area (Å²) in [5.41, 5.74) is 1.90. The van der Waals surface area contributed by atoms with Gasteiger partial charge in [0.15, 0.2) is 0 Å². The Bertz CT molecular complexity index is 1600. The molecular formula is C28H27ClN4O3S. The van der Waals surface area contributed by atoms with E-state index in [1.165, 1.54) is 4.31 Å². The van der Waals surface area contributed by atoms with Gasteiger partial charge in [-0.3, -0.25) is 9.78 Å². The van der Waals surface area contributed by atoms with Crippen molar-refractivity contribution in [3.05, 3.63) is 77.9 Å². The van der Waals surface area contributed by atoms with Crippen molar-refractivity contribution in [2.24, 2.45) is 0 Å². The third kappa shape index (κ3) is 4.43. The Morgan fingerprint density at radius 2 is 1.68 bits per heavy atom. The molecule has 0 bridgehead atoms. The van der Waals surface area contributed by atoms with Crippen LogP contribution in [0.1, 0.15) is 12.8 Å². The highest BCUT2D eigenvalue weighted by molar-refractivity contribution is 7.89. The molecule has 1 amide bonds. The quantitative estimate of drug-likeness (QED) is 0.384. The molecule has 1 atom stereocenters. The summed E-state index contributed by atoms with van der Waals surface area (Å²) in [6.45, 7) is 2.76. The predicted octanol–water partition coefficient (Wildman–Crippen LogP) is 4.54. The molecule has 1 aromatic heterocycles. The van der Waals surface area contributed by atoms with Crippen molar-refractivity contribution in [2.75, 3.05) is 37.6 Å². The summed E-state index contributed by atoms with van der Waals surface area (Å²) in [5, 5.41) is 3.52. The zero-order chi connectivity index (χ0) is 25.6. The summed E-state index contributed by atoms with van der Waals surface area (Å²) in [5.74, 6) is -0.104. The number of rotatable bonds is 4. The van der Waals surface area contributed by atoms with Crippen LogP contribution < -0.4 is 4.90 Å². The van der Waals surface area contributed by atoms with Gasteiger partial charge in [0.1, 0.15) is 6.04 Å². The normalized spacial score (nSPS) is 19.1. The van der Waals surface area contributed by atoms with Gasteiger partial charge in [-0.05, 0) is 60.0 Å². The molecule has 0 spiro atoms. The van der Waals surface area contributed by atoms with Crippen LogP contribution in [0.25, 0.3) is 21.7 Å². The molecule has 7 nitrogen and oxygen atoms in total. The average molecular weight is 535 g/mol. The minimum Gasteiger partial charge on any atom is -0.367 e. The van der Waals surface area contributed by atoms with Crippen molar-refractivity contribution in [1.29, 1.82) is 0 Å². The number of hydrogen-bond acceptors (Lipinski definition) is 5. The molecule has 3 aromatic carbocycles. The Labute approximate surface area is 221 Å². The summed E-state index contributed by atoms with van der Waals surface area (Å²) < 4.78 is 28.6. The monoisotopic (exact) mass is 534 g/mol. The molecule has 0 unspecified atom stereocenters. The minimum absolute atomic E-state index is 0.104. The molecule has 0 aliphatic carbocycles. The Hall–Kier alpha value is -3.20. The maximum atomic E-state index is 13.6. The zero-order valence-corrected chi connectivity index (χ0v) is 21.8. The molecule has 190 valence electrons. The molecule has 4 aromatic rings. The lowest BCUT2D eigenvalue weighted by atomic mass is 10.1. The van der Waals surface area contributed by atoms with Crippen molar-refractivity contribution in [3.63, 3.8) is 0 Å². The summed E-state index contributed by atoms with van der Waals surface area (Å²) in [6.07, 6.45) is 3.00. The Morgan fingerprint density at radius 1 is 0.892 bits per heavy atom. The molecule has 0 N–H and O–H groups in total. The molecule has 2 fully saturated rings. The van der Waals surface area contributed by atoms with Crippen molar-refractivity contribution < 1.29 is 13.2 Å². The average Bonchev–Trinajstić information content (AvgIpc) is 3.43. The van der Waals surface area contributed by atoms with Crippen LogP contribution in [0.4, 0.5) is 5.69 Å². The number of carbonyl (C=O) groups is 1. The number of hydrogen-bond donors (Lipinski definition) is 0. The summed E-state index contributed by atoms with van der Waals surface area (Å²) in [4.78, 5) is 22.3. The third-order valence-corrected chi connectivity index (χ3v) is 9.57. The van der Waals surface area contributed by atoms with E-state index >= 15 is 0 Å². The standard InChI is InChI=1S/C28H27ClN4O3S/c29-22-8-10-24-25(19-22)30-12-11-26(24)31-14-16-32(17-15-31)28(34)27-6-3-13-33(27)37(35,36)23-9-7-20-4-1-2-5-21(20)18-23/h1-2,4-5,7-12,18-19,27H,3,6,13-17H2/t27-/m1/s1. The lowest BCUT2D eigenvalue weighted by Crippen LogP contribution is -2.54. The lowest BCUT2D eigenvalue weighted by Gasteiger charge is -2.38. The molecule has 0 saturated carbocycles. The molecule has 3 heterocycles. The van der Waals surface area contributed by atoms with E-state index in [1.807, 2.05) is 59.5 Å². The number of fused-ring (bicyclic) bond motifs is 2.